The Bertz CT molecular complexity index is 541. The molecule has 0 aromatic heterocycles. The van der Waals surface area contributed by atoms with Crippen molar-refractivity contribution < 1.29 is 19.4 Å². The normalized spacial score (nSPS) is 35.2. The molecule has 0 saturated heterocycles. The van der Waals surface area contributed by atoms with Crippen molar-refractivity contribution in [1.29, 1.82) is 0 Å². The van der Waals surface area contributed by atoms with E-state index in [1.807, 2.05) is 0 Å². The minimum atomic E-state index is -0.848. The third-order valence-corrected chi connectivity index (χ3v) is 7.69. The minimum absolute atomic E-state index is 0.0984. The summed E-state index contributed by atoms with van der Waals surface area (Å²) in [5.74, 6) is -0.176. The van der Waals surface area contributed by atoms with Crippen LogP contribution in [0, 0.1) is 40.9 Å². The van der Waals surface area contributed by atoms with E-state index in [9.17, 15) is 14.7 Å². The Balaban J connectivity index is 2.16. The molecular weight excluding hydrogens is 352 g/mol. The first-order chi connectivity index (χ1) is 13.0. The van der Waals surface area contributed by atoms with Crippen LogP contribution in [0.15, 0.2) is 0 Å². The third kappa shape index (κ3) is 5.97. The summed E-state index contributed by atoms with van der Waals surface area (Å²) >= 11 is 0. The first kappa shape index (κ1) is 23.2. The van der Waals surface area contributed by atoms with Gasteiger partial charge in [0.05, 0.1) is 11.8 Å². The van der Waals surface area contributed by atoms with Crippen molar-refractivity contribution >= 4 is 11.9 Å². The number of esters is 1. The smallest absolute Gasteiger partial charge is 0.310 e. The molecule has 0 aromatic carbocycles. The van der Waals surface area contributed by atoms with Gasteiger partial charge in [0.15, 0.2) is 0 Å². The Hall–Kier alpha value is -1.06. The van der Waals surface area contributed by atoms with Crippen LogP contribution in [0.5, 0.6) is 0 Å². The van der Waals surface area contributed by atoms with Crippen molar-refractivity contribution in [1.82, 2.24) is 0 Å². The monoisotopic (exact) mass is 394 g/mol. The molecule has 0 amide bonds. The highest BCUT2D eigenvalue weighted by molar-refractivity contribution is 5.81. The molecule has 0 spiro atoms. The minimum Gasteiger partial charge on any atom is -0.481 e. The molecule has 0 aromatic rings. The maximum absolute atomic E-state index is 13.1. The number of rotatable bonds is 7. The van der Waals surface area contributed by atoms with Gasteiger partial charge in [-0.1, -0.05) is 54.4 Å². The lowest BCUT2D eigenvalue weighted by Crippen LogP contribution is -2.42. The number of hydrogen-bond donors (Lipinski definition) is 1. The zero-order valence-electron chi connectivity index (χ0n) is 18.9. The summed E-state index contributed by atoms with van der Waals surface area (Å²) in [6.07, 6.45) is 7.40. The zero-order chi connectivity index (χ0) is 21.1. The maximum Gasteiger partial charge on any atom is 0.310 e. The third-order valence-electron chi connectivity index (χ3n) is 7.69. The highest BCUT2D eigenvalue weighted by Gasteiger charge is 2.42. The molecule has 0 aliphatic heterocycles. The molecule has 2 aliphatic rings. The van der Waals surface area contributed by atoms with Gasteiger partial charge in [-0.25, -0.2) is 0 Å². The number of carboxylic acid groups (broad SMARTS) is 1. The molecule has 0 radical (unpaired) electrons. The predicted molar refractivity (Wildman–Crippen MR) is 112 cm³/mol. The second kappa shape index (κ2) is 9.63. The van der Waals surface area contributed by atoms with Gasteiger partial charge in [0.2, 0.25) is 0 Å². The molecule has 7 atom stereocenters. The van der Waals surface area contributed by atoms with Gasteiger partial charge in [-0.15, -0.1) is 0 Å². The van der Waals surface area contributed by atoms with Crippen LogP contribution in [-0.2, 0) is 14.3 Å². The summed E-state index contributed by atoms with van der Waals surface area (Å²) in [5, 5.41) is 9.65. The molecule has 0 heterocycles. The average molecular weight is 395 g/mol. The molecule has 2 aliphatic carbocycles. The highest BCUT2D eigenvalue weighted by atomic mass is 16.5. The van der Waals surface area contributed by atoms with Crippen LogP contribution in [0.3, 0.4) is 0 Å². The molecule has 162 valence electrons. The van der Waals surface area contributed by atoms with Crippen LogP contribution < -0.4 is 0 Å². The highest BCUT2D eigenvalue weighted by Crippen LogP contribution is 2.42. The molecule has 2 fully saturated rings. The fourth-order valence-corrected chi connectivity index (χ4v) is 5.38. The van der Waals surface area contributed by atoms with Crippen LogP contribution in [-0.4, -0.2) is 23.1 Å². The van der Waals surface area contributed by atoms with Crippen molar-refractivity contribution in [2.24, 2.45) is 40.9 Å². The summed E-state index contributed by atoms with van der Waals surface area (Å²) in [6.45, 7) is 13.4. The Labute approximate surface area is 171 Å². The van der Waals surface area contributed by atoms with Gasteiger partial charge in [-0.3, -0.25) is 9.59 Å². The Morgan fingerprint density at radius 2 is 1.61 bits per heavy atom. The van der Waals surface area contributed by atoms with Crippen LogP contribution >= 0.6 is 0 Å². The zero-order valence-corrected chi connectivity index (χ0v) is 18.9. The lowest BCUT2D eigenvalue weighted by Gasteiger charge is -2.41. The van der Waals surface area contributed by atoms with Crippen molar-refractivity contribution in [3.63, 3.8) is 0 Å². The first-order valence-corrected chi connectivity index (χ1v) is 11.5. The second-order valence-corrected chi connectivity index (χ2v) is 10.7. The van der Waals surface area contributed by atoms with E-state index in [2.05, 4.69) is 41.5 Å². The van der Waals surface area contributed by atoms with Crippen molar-refractivity contribution in [2.75, 3.05) is 0 Å². The van der Waals surface area contributed by atoms with E-state index in [-0.39, 0.29) is 17.5 Å². The summed E-state index contributed by atoms with van der Waals surface area (Å²) in [6, 6.07) is 0. The molecule has 7 unspecified atom stereocenters. The predicted octanol–water partition coefficient (Wildman–Crippen LogP) is 5.93. The number of hydrogen-bond acceptors (Lipinski definition) is 3. The van der Waals surface area contributed by atoms with Gasteiger partial charge in [-0.05, 0) is 67.6 Å². The van der Waals surface area contributed by atoms with E-state index in [4.69, 9.17) is 4.74 Å². The molecule has 28 heavy (non-hydrogen) atoms. The molecule has 0 bridgehead atoms. The van der Waals surface area contributed by atoms with E-state index >= 15 is 0 Å². The van der Waals surface area contributed by atoms with Crippen molar-refractivity contribution in [3.8, 4) is 0 Å². The van der Waals surface area contributed by atoms with E-state index in [1.165, 1.54) is 12.8 Å². The van der Waals surface area contributed by atoms with Crippen molar-refractivity contribution in [3.05, 3.63) is 0 Å². The standard InChI is InChI=1S/C24H42O4/c1-7-24(5,6)14-21(18-10-8-15(2)12-17(18)4)28-23(27)19-11-9-16(3)13-20(19)22(25)26/h15-21H,7-14H2,1-6H3,(H,25,26). The summed E-state index contributed by atoms with van der Waals surface area (Å²) in [4.78, 5) is 24.9. The Morgan fingerprint density at radius 3 is 2.18 bits per heavy atom. The van der Waals surface area contributed by atoms with Crippen LogP contribution in [0.1, 0.15) is 92.9 Å². The number of ether oxygens (including phenoxy) is 1. The lowest BCUT2D eigenvalue weighted by atomic mass is 9.69. The second-order valence-electron chi connectivity index (χ2n) is 10.7. The number of carboxylic acids is 1. The Morgan fingerprint density at radius 1 is 1.00 bits per heavy atom. The molecular formula is C24H42O4. The fraction of sp³-hybridized carbons (Fsp3) is 0.917. The number of aliphatic carboxylic acids is 1. The summed E-state index contributed by atoms with van der Waals surface area (Å²) in [5.41, 5.74) is 0.112. The molecule has 2 saturated carbocycles. The van der Waals surface area contributed by atoms with Gasteiger partial charge in [0.1, 0.15) is 6.10 Å². The summed E-state index contributed by atoms with van der Waals surface area (Å²) in [7, 11) is 0. The van der Waals surface area contributed by atoms with Gasteiger partial charge >= 0.3 is 11.9 Å². The van der Waals surface area contributed by atoms with Crippen molar-refractivity contribution in [2.45, 2.75) is 99.0 Å². The number of carbonyl (C=O) groups excluding carboxylic acids is 1. The van der Waals surface area contributed by atoms with Gasteiger partial charge in [0.25, 0.3) is 0 Å². The van der Waals surface area contributed by atoms with Gasteiger partial charge in [0, 0.05) is 0 Å². The quantitative estimate of drug-likeness (QED) is 0.543. The molecule has 1 N–H and O–H groups in total. The largest absolute Gasteiger partial charge is 0.481 e. The number of carbonyl (C=O) groups is 2. The molecule has 2 rings (SSSR count). The molecule has 4 nitrogen and oxygen atoms in total. The average Bonchev–Trinajstić information content (AvgIpc) is 2.60. The van der Waals surface area contributed by atoms with Gasteiger partial charge in [-0.2, -0.15) is 0 Å². The Kier molecular flexibility index (Phi) is 7.98. The summed E-state index contributed by atoms with van der Waals surface area (Å²) < 4.78 is 6.19. The van der Waals surface area contributed by atoms with Crippen LogP contribution in [0.2, 0.25) is 0 Å². The maximum atomic E-state index is 13.1. The first-order valence-electron chi connectivity index (χ1n) is 11.5. The SMILES string of the molecule is CCC(C)(C)CC(OC(=O)C1CCC(C)CC1C(=O)O)C1CCC(C)CC1C. The van der Waals surface area contributed by atoms with Crippen LogP contribution in [0.25, 0.3) is 0 Å². The topological polar surface area (TPSA) is 63.6 Å². The fourth-order valence-electron chi connectivity index (χ4n) is 5.38. The van der Waals surface area contributed by atoms with Gasteiger partial charge < -0.3 is 9.84 Å². The molecule has 4 heteroatoms. The van der Waals surface area contributed by atoms with Crippen LogP contribution in [0.4, 0.5) is 0 Å². The van der Waals surface area contributed by atoms with E-state index < -0.39 is 17.8 Å². The van der Waals surface area contributed by atoms with E-state index in [1.54, 1.807) is 0 Å². The lowest BCUT2D eigenvalue weighted by molar-refractivity contribution is -0.170. The van der Waals surface area contributed by atoms with E-state index in [0.717, 1.165) is 31.6 Å². The van der Waals surface area contributed by atoms with E-state index in [0.29, 0.717) is 30.6 Å².